The first kappa shape index (κ1) is 17.7. The summed E-state index contributed by atoms with van der Waals surface area (Å²) in [6.07, 6.45) is 0. The van der Waals surface area contributed by atoms with Gasteiger partial charge in [-0.15, -0.1) is 5.10 Å². The Morgan fingerprint density at radius 3 is 2.42 bits per heavy atom. The predicted molar refractivity (Wildman–Crippen MR) is 88.3 cm³/mol. The van der Waals surface area contributed by atoms with E-state index in [-0.39, 0.29) is 17.8 Å². The molecule has 0 bridgehead atoms. The second kappa shape index (κ2) is 6.99. The van der Waals surface area contributed by atoms with Crippen LogP contribution in [-0.4, -0.2) is 20.9 Å². The van der Waals surface area contributed by atoms with Crippen LogP contribution in [0.3, 0.4) is 0 Å². The van der Waals surface area contributed by atoms with Crippen molar-refractivity contribution in [1.29, 1.82) is 0 Å². The van der Waals surface area contributed by atoms with Gasteiger partial charge in [-0.2, -0.15) is 0 Å². The van der Waals surface area contributed by atoms with Crippen LogP contribution in [0.1, 0.15) is 27.3 Å². The van der Waals surface area contributed by atoms with Crippen LogP contribution in [0.15, 0.2) is 36.4 Å². The van der Waals surface area contributed by atoms with Crippen molar-refractivity contribution < 1.29 is 18.0 Å². The second-order valence-corrected chi connectivity index (χ2v) is 5.83. The summed E-state index contributed by atoms with van der Waals surface area (Å²) in [4.78, 5) is 12.3. The molecule has 0 aliphatic carbocycles. The molecule has 0 saturated carbocycles. The van der Waals surface area contributed by atoms with Crippen molar-refractivity contribution in [3.05, 3.63) is 76.4 Å². The molecule has 1 N–H and O–H groups in total. The van der Waals surface area contributed by atoms with Gasteiger partial charge in [0.15, 0.2) is 5.69 Å². The molecule has 0 unspecified atom stereocenters. The smallest absolute Gasteiger partial charge is 0.274 e. The normalized spacial score (nSPS) is 10.8. The van der Waals surface area contributed by atoms with Crippen molar-refractivity contribution in [3.8, 4) is 5.69 Å². The van der Waals surface area contributed by atoms with Gasteiger partial charge in [0.25, 0.3) is 5.91 Å². The number of aryl methyl sites for hydroxylation is 1. The SMILES string of the molecule is Cc1ccc(F)cc1-n1nnc(C(=O)NCc2cc(F)cc(F)c2)c1C. The number of halogens is 3. The van der Waals surface area contributed by atoms with E-state index in [1.54, 1.807) is 19.9 Å². The highest BCUT2D eigenvalue weighted by molar-refractivity contribution is 5.93. The Hall–Kier alpha value is -3.16. The molecule has 3 aromatic rings. The number of hydrogen-bond donors (Lipinski definition) is 1. The summed E-state index contributed by atoms with van der Waals surface area (Å²) in [7, 11) is 0. The molecule has 0 radical (unpaired) electrons. The molecule has 0 atom stereocenters. The average molecular weight is 360 g/mol. The minimum absolute atomic E-state index is 0.0468. The van der Waals surface area contributed by atoms with E-state index in [4.69, 9.17) is 0 Å². The fraction of sp³-hybridized carbons (Fsp3) is 0.167. The molecule has 8 heteroatoms. The van der Waals surface area contributed by atoms with E-state index in [0.717, 1.165) is 23.8 Å². The molecule has 1 heterocycles. The van der Waals surface area contributed by atoms with Crippen LogP contribution in [0.4, 0.5) is 13.2 Å². The maximum absolute atomic E-state index is 13.5. The highest BCUT2D eigenvalue weighted by Gasteiger charge is 2.18. The minimum atomic E-state index is -0.724. The third kappa shape index (κ3) is 3.58. The first-order valence-corrected chi connectivity index (χ1v) is 7.77. The lowest BCUT2D eigenvalue weighted by molar-refractivity contribution is 0.0945. The molecule has 0 aliphatic heterocycles. The fourth-order valence-electron chi connectivity index (χ4n) is 2.56. The van der Waals surface area contributed by atoms with Crippen molar-refractivity contribution >= 4 is 5.91 Å². The van der Waals surface area contributed by atoms with E-state index in [0.29, 0.717) is 11.4 Å². The molecule has 134 valence electrons. The third-order valence-corrected chi connectivity index (χ3v) is 3.88. The number of carbonyl (C=O) groups is 1. The Kier molecular flexibility index (Phi) is 4.75. The lowest BCUT2D eigenvalue weighted by Crippen LogP contribution is -2.24. The van der Waals surface area contributed by atoms with Gasteiger partial charge in [0.1, 0.15) is 17.5 Å². The van der Waals surface area contributed by atoms with E-state index in [1.807, 2.05) is 0 Å². The molecule has 0 fully saturated rings. The zero-order valence-electron chi connectivity index (χ0n) is 14.1. The Morgan fingerprint density at radius 1 is 1.04 bits per heavy atom. The van der Waals surface area contributed by atoms with E-state index < -0.39 is 23.4 Å². The zero-order chi connectivity index (χ0) is 18.8. The predicted octanol–water partition coefficient (Wildman–Crippen LogP) is 3.23. The first-order chi connectivity index (χ1) is 12.3. The first-order valence-electron chi connectivity index (χ1n) is 7.77. The Bertz CT molecular complexity index is 964. The van der Waals surface area contributed by atoms with Gasteiger partial charge in [-0.05, 0) is 49.2 Å². The second-order valence-electron chi connectivity index (χ2n) is 5.83. The van der Waals surface area contributed by atoms with Crippen LogP contribution in [0.2, 0.25) is 0 Å². The fourth-order valence-corrected chi connectivity index (χ4v) is 2.56. The summed E-state index contributed by atoms with van der Waals surface area (Å²) >= 11 is 0. The molecule has 26 heavy (non-hydrogen) atoms. The van der Waals surface area contributed by atoms with Crippen LogP contribution in [0.5, 0.6) is 0 Å². The van der Waals surface area contributed by atoms with Crippen molar-refractivity contribution in [3.63, 3.8) is 0 Å². The van der Waals surface area contributed by atoms with Gasteiger partial charge in [-0.25, -0.2) is 17.9 Å². The van der Waals surface area contributed by atoms with Crippen molar-refractivity contribution in [2.24, 2.45) is 0 Å². The van der Waals surface area contributed by atoms with Gasteiger partial charge >= 0.3 is 0 Å². The van der Waals surface area contributed by atoms with Crippen LogP contribution in [-0.2, 0) is 6.54 Å². The van der Waals surface area contributed by atoms with E-state index in [9.17, 15) is 18.0 Å². The summed E-state index contributed by atoms with van der Waals surface area (Å²) in [6, 6.07) is 7.24. The van der Waals surface area contributed by atoms with E-state index >= 15 is 0 Å². The lowest BCUT2D eigenvalue weighted by atomic mass is 10.2. The van der Waals surface area contributed by atoms with E-state index in [2.05, 4.69) is 15.6 Å². The lowest BCUT2D eigenvalue weighted by Gasteiger charge is -2.08. The zero-order valence-corrected chi connectivity index (χ0v) is 14.1. The Balaban J connectivity index is 1.81. The van der Waals surface area contributed by atoms with Crippen LogP contribution in [0.25, 0.3) is 5.69 Å². The summed E-state index contributed by atoms with van der Waals surface area (Å²) in [5, 5.41) is 10.3. The van der Waals surface area contributed by atoms with Gasteiger partial charge in [0.05, 0.1) is 11.4 Å². The van der Waals surface area contributed by atoms with Gasteiger partial charge in [0, 0.05) is 12.6 Å². The van der Waals surface area contributed by atoms with Crippen molar-refractivity contribution in [2.75, 3.05) is 0 Å². The number of nitrogens with one attached hydrogen (secondary N) is 1. The summed E-state index contributed by atoms with van der Waals surface area (Å²) in [5.74, 6) is -2.43. The molecule has 3 rings (SSSR count). The van der Waals surface area contributed by atoms with Crippen LogP contribution >= 0.6 is 0 Å². The van der Waals surface area contributed by atoms with Gasteiger partial charge in [-0.1, -0.05) is 11.3 Å². The highest BCUT2D eigenvalue weighted by Crippen LogP contribution is 2.18. The van der Waals surface area contributed by atoms with Gasteiger partial charge in [-0.3, -0.25) is 4.79 Å². The maximum atomic E-state index is 13.5. The Labute approximate surface area is 147 Å². The largest absolute Gasteiger partial charge is 0.347 e. The van der Waals surface area contributed by atoms with Crippen LogP contribution < -0.4 is 5.32 Å². The molecule has 2 aromatic carbocycles. The molecule has 5 nitrogen and oxygen atoms in total. The van der Waals surface area contributed by atoms with Gasteiger partial charge in [0.2, 0.25) is 0 Å². The molecule has 1 aromatic heterocycles. The molecule has 0 saturated heterocycles. The molecule has 0 spiro atoms. The monoisotopic (exact) mass is 360 g/mol. The highest BCUT2D eigenvalue weighted by atomic mass is 19.1. The quantitative estimate of drug-likeness (QED) is 0.777. The Morgan fingerprint density at radius 2 is 1.73 bits per heavy atom. The number of aromatic nitrogens is 3. The van der Waals surface area contributed by atoms with Crippen molar-refractivity contribution in [1.82, 2.24) is 20.3 Å². The van der Waals surface area contributed by atoms with E-state index in [1.165, 1.54) is 16.8 Å². The topological polar surface area (TPSA) is 59.8 Å². The molecule has 0 aliphatic rings. The maximum Gasteiger partial charge on any atom is 0.274 e. The number of hydrogen-bond acceptors (Lipinski definition) is 3. The van der Waals surface area contributed by atoms with Gasteiger partial charge < -0.3 is 5.32 Å². The average Bonchev–Trinajstić information content (AvgIpc) is 2.95. The standard InChI is InChI=1S/C18H15F3N4O/c1-10-3-4-13(19)8-16(10)25-11(2)17(23-24-25)18(26)22-9-12-5-14(20)7-15(21)6-12/h3-8H,9H2,1-2H3,(H,22,26). The molecular formula is C18H15F3N4O. The third-order valence-electron chi connectivity index (χ3n) is 3.88. The number of benzene rings is 2. The number of rotatable bonds is 4. The summed E-state index contributed by atoms with van der Waals surface area (Å²) in [5.41, 5.74) is 1.98. The number of carbonyl (C=O) groups excluding carboxylic acids is 1. The molecular weight excluding hydrogens is 345 g/mol. The molecule has 1 amide bonds. The summed E-state index contributed by atoms with van der Waals surface area (Å²) < 4.78 is 41.3. The van der Waals surface area contributed by atoms with Crippen LogP contribution in [0, 0.1) is 31.3 Å². The van der Waals surface area contributed by atoms with Crippen molar-refractivity contribution in [2.45, 2.75) is 20.4 Å². The number of nitrogens with zero attached hydrogens (tertiary/aromatic N) is 3. The summed E-state index contributed by atoms with van der Waals surface area (Å²) in [6.45, 7) is 3.34. The number of amides is 1. The minimum Gasteiger partial charge on any atom is -0.347 e.